The van der Waals surface area contributed by atoms with Crippen molar-refractivity contribution < 1.29 is 74.3 Å². The molecule has 88 valence electrons. The maximum Gasteiger partial charge on any atom is 1.00 e. The minimum absolute atomic E-state index is 0. The largest absolute Gasteiger partial charge is 1.00 e. The first-order valence-corrected chi connectivity index (χ1v) is 6.33. The summed E-state index contributed by atoms with van der Waals surface area (Å²) in [5.41, 5.74) is 0.188. The number of hydrogen-bond donors (Lipinski definition) is 1. The number of carbonyl (C=O) groups is 1. The van der Waals surface area contributed by atoms with Crippen LogP contribution in [0, 0.1) is 0 Å². The summed E-state index contributed by atoms with van der Waals surface area (Å²) in [7, 11) is -3.95. The Morgan fingerprint density at radius 1 is 1.44 bits per heavy atom. The summed E-state index contributed by atoms with van der Waals surface area (Å²) in [5, 5.41) is 10.5. The fraction of sp³-hybridized carbons (Fsp3) is 0.667. The van der Waals surface area contributed by atoms with Gasteiger partial charge >= 0.3 is 51.4 Å². The van der Waals surface area contributed by atoms with E-state index >= 15 is 0 Å². The summed E-state index contributed by atoms with van der Waals surface area (Å²) < 4.78 is 29.1. The van der Waals surface area contributed by atoms with Crippen molar-refractivity contribution in [2.75, 3.05) is 5.75 Å². The maximum absolute atomic E-state index is 10.5. The van der Waals surface area contributed by atoms with E-state index in [1.807, 2.05) is 6.92 Å². The van der Waals surface area contributed by atoms with Gasteiger partial charge in [-0.2, -0.15) is 8.42 Å². The molecular formula is C9H15KO5S. The van der Waals surface area contributed by atoms with Crippen molar-refractivity contribution in [2.45, 2.75) is 32.6 Å². The molecule has 0 heterocycles. The molecule has 0 unspecified atom stereocenters. The van der Waals surface area contributed by atoms with Gasteiger partial charge in [-0.3, -0.25) is 4.55 Å². The molecule has 0 aliphatic rings. The Labute approximate surface area is 138 Å². The summed E-state index contributed by atoms with van der Waals surface area (Å²) in [6.07, 6.45) is 3.07. The van der Waals surface area contributed by atoms with Crippen molar-refractivity contribution in [3.05, 3.63) is 11.6 Å². The van der Waals surface area contributed by atoms with Crippen molar-refractivity contribution in [3.63, 3.8) is 0 Å². The van der Waals surface area contributed by atoms with Crippen LogP contribution in [0.15, 0.2) is 11.6 Å². The average molecular weight is 274 g/mol. The van der Waals surface area contributed by atoms with Gasteiger partial charge in [0.25, 0.3) is 10.1 Å². The van der Waals surface area contributed by atoms with Crippen LogP contribution in [0.25, 0.3) is 0 Å². The van der Waals surface area contributed by atoms with Crippen LogP contribution in [0.1, 0.15) is 32.6 Å². The van der Waals surface area contributed by atoms with Gasteiger partial charge in [0.1, 0.15) is 0 Å². The van der Waals surface area contributed by atoms with Gasteiger partial charge in [0.05, 0.1) is 11.7 Å². The molecule has 0 saturated carbocycles. The molecule has 0 radical (unpaired) electrons. The van der Waals surface area contributed by atoms with E-state index in [0.29, 0.717) is 19.3 Å². The third-order valence-electron chi connectivity index (χ3n) is 1.78. The Morgan fingerprint density at radius 3 is 2.38 bits per heavy atom. The van der Waals surface area contributed by atoms with E-state index in [0.717, 1.165) is 0 Å². The van der Waals surface area contributed by atoms with Crippen LogP contribution in [-0.4, -0.2) is 24.7 Å². The normalized spacial score (nSPS) is 12.0. The van der Waals surface area contributed by atoms with E-state index in [-0.39, 0.29) is 69.1 Å². The zero-order valence-corrected chi connectivity index (χ0v) is 13.5. The zero-order chi connectivity index (χ0) is 11.9. The van der Waals surface area contributed by atoms with Crippen molar-refractivity contribution >= 4 is 16.1 Å². The summed E-state index contributed by atoms with van der Waals surface area (Å²) in [6, 6.07) is 0. The monoisotopic (exact) mass is 274 g/mol. The van der Waals surface area contributed by atoms with Gasteiger partial charge in [-0.1, -0.05) is 19.4 Å². The number of unbranched alkanes of at least 4 members (excludes halogenated alkanes) is 1. The topological polar surface area (TPSA) is 94.5 Å². The number of carbonyl (C=O) groups excluding carboxylic acids is 1. The Hall–Kier alpha value is 0.756. The van der Waals surface area contributed by atoms with Crippen LogP contribution >= 0.6 is 0 Å². The second kappa shape index (κ2) is 9.75. The number of carboxylic acid groups (broad SMARTS) is 1. The zero-order valence-electron chi connectivity index (χ0n) is 9.60. The Morgan fingerprint density at radius 2 is 2.00 bits per heavy atom. The molecule has 0 spiro atoms. The van der Waals surface area contributed by atoms with E-state index in [2.05, 4.69) is 0 Å². The summed E-state index contributed by atoms with van der Waals surface area (Å²) in [5.74, 6) is -1.57. The predicted octanol–water partition coefficient (Wildman–Crippen LogP) is -2.87. The number of hydrogen-bond acceptors (Lipinski definition) is 4. The van der Waals surface area contributed by atoms with E-state index in [1.54, 1.807) is 0 Å². The number of carboxylic acids is 1. The molecule has 0 aromatic heterocycles. The van der Waals surface area contributed by atoms with Crippen LogP contribution in [0.3, 0.4) is 0 Å². The predicted molar refractivity (Wildman–Crippen MR) is 53.6 cm³/mol. The van der Waals surface area contributed by atoms with Gasteiger partial charge < -0.3 is 9.90 Å². The van der Waals surface area contributed by atoms with Crippen LogP contribution in [0.2, 0.25) is 0 Å². The molecule has 0 bridgehead atoms. The van der Waals surface area contributed by atoms with E-state index in [4.69, 9.17) is 4.55 Å². The van der Waals surface area contributed by atoms with Crippen LogP contribution in [0.5, 0.6) is 0 Å². The van der Waals surface area contributed by atoms with E-state index < -0.39 is 16.1 Å². The van der Waals surface area contributed by atoms with Gasteiger partial charge in [0.15, 0.2) is 0 Å². The second-order valence-electron chi connectivity index (χ2n) is 3.20. The fourth-order valence-corrected chi connectivity index (χ4v) is 1.63. The van der Waals surface area contributed by atoms with Crippen LogP contribution in [0.4, 0.5) is 0 Å². The second-order valence-corrected chi connectivity index (χ2v) is 4.77. The van der Waals surface area contributed by atoms with Crippen molar-refractivity contribution in [2.24, 2.45) is 0 Å². The smallest absolute Gasteiger partial charge is 0.545 e. The molecule has 1 N–H and O–H groups in total. The first-order valence-electron chi connectivity index (χ1n) is 4.72. The first kappa shape index (κ1) is 19.1. The van der Waals surface area contributed by atoms with Gasteiger partial charge in [-0.05, 0) is 24.8 Å². The minimum Gasteiger partial charge on any atom is -0.545 e. The number of aliphatic carboxylic acids is 1. The van der Waals surface area contributed by atoms with E-state index in [9.17, 15) is 18.3 Å². The van der Waals surface area contributed by atoms with Crippen LogP contribution < -0.4 is 56.5 Å². The molecule has 0 fully saturated rings. The molecule has 0 amide bonds. The number of allylic oxidation sites excluding steroid dienone is 1. The Balaban J connectivity index is 0. The van der Waals surface area contributed by atoms with Crippen molar-refractivity contribution in [1.82, 2.24) is 0 Å². The standard InChI is InChI=1S/C9H16O5S.K/c1-2-5-8(9(10)11)6-3-4-7-15(12,13)14;/h6H,2-5,7H2,1H3,(H,10,11)(H,12,13,14);/q;+1/p-1. The number of rotatable bonds is 7. The van der Waals surface area contributed by atoms with Crippen molar-refractivity contribution in [1.29, 1.82) is 0 Å². The quantitative estimate of drug-likeness (QED) is 0.233. The molecular weight excluding hydrogens is 259 g/mol. The van der Waals surface area contributed by atoms with Gasteiger partial charge in [0.2, 0.25) is 0 Å². The van der Waals surface area contributed by atoms with Gasteiger partial charge in [-0.15, -0.1) is 0 Å². The third-order valence-corrected chi connectivity index (χ3v) is 2.58. The Kier molecular flexibility index (Phi) is 11.6. The fourth-order valence-electron chi connectivity index (χ4n) is 1.10. The van der Waals surface area contributed by atoms with E-state index in [1.165, 1.54) is 6.08 Å². The summed E-state index contributed by atoms with van der Waals surface area (Å²) in [6.45, 7) is 1.84. The summed E-state index contributed by atoms with van der Waals surface area (Å²) >= 11 is 0. The molecule has 0 saturated heterocycles. The van der Waals surface area contributed by atoms with Gasteiger partial charge in [0, 0.05) is 0 Å². The maximum atomic E-state index is 10.5. The molecule has 0 aliphatic carbocycles. The average Bonchev–Trinajstić information content (AvgIpc) is 2.08. The molecule has 0 rings (SSSR count). The molecule has 0 atom stereocenters. The summed E-state index contributed by atoms with van der Waals surface area (Å²) in [4.78, 5) is 10.5. The molecule has 16 heavy (non-hydrogen) atoms. The SMILES string of the molecule is CCCC(=CCCCS(=O)(=O)O)C(=O)[O-].[K+]. The third kappa shape index (κ3) is 11.2. The molecule has 0 aliphatic heterocycles. The minimum atomic E-state index is -3.95. The molecule has 0 aromatic rings. The molecule has 5 nitrogen and oxygen atoms in total. The van der Waals surface area contributed by atoms with Gasteiger partial charge in [-0.25, -0.2) is 0 Å². The molecule has 7 heteroatoms. The van der Waals surface area contributed by atoms with Crippen LogP contribution in [-0.2, 0) is 14.9 Å². The Bertz CT molecular complexity index is 334. The first-order chi connectivity index (χ1) is 6.87. The van der Waals surface area contributed by atoms with Crippen molar-refractivity contribution in [3.8, 4) is 0 Å². The molecule has 0 aromatic carbocycles.